The highest BCUT2D eigenvalue weighted by molar-refractivity contribution is 7.20. The molecule has 0 radical (unpaired) electrons. The lowest BCUT2D eigenvalue weighted by Gasteiger charge is -2.37. The van der Waals surface area contributed by atoms with Crippen LogP contribution >= 0.6 is 11.3 Å². The zero-order chi connectivity index (χ0) is 32.0. The molecule has 6 aromatic rings. The Labute approximate surface area is 282 Å². The molecule has 0 atom stereocenters. The lowest BCUT2D eigenvalue weighted by Crippen LogP contribution is -2.30. The first-order valence-electron chi connectivity index (χ1n) is 16.8. The van der Waals surface area contributed by atoms with Gasteiger partial charge in [0.05, 0.1) is 5.41 Å². The highest BCUT2D eigenvalue weighted by Crippen LogP contribution is 2.57. The van der Waals surface area contributed by atoms with E-state index >= 15 is 0 Å². The first-order chi connectivity index (χ1) is 23.1. The fourth-order valence-electron chi connectivity index (χ4n) is 8.06. The van der Waals surface area contributed by atoms with Crippen LogP contribution in [0, 0.1) is 6.92 Å². The van der Waals surface area contributed by atoms with Crippen molar-refractivity contribution in [3.63, 3.8) is 0 Å². The van der Waals surface area contributed by atoms with Crippen LogP contribution in [0.15, 0.2) is 146 Å². The van der Waals surface area contributed by atoms with E-state index in [4.69, 9.17) is 0 Å². The molecule has 2 heteroatoms. The molecule has 2 aliphatic carbocycles. The second kappa shape index (κ2) is 12.0. The van der Waals surface area contributed by atoms with Crippen LogP contribution < -0.4 is 4.90 Å². The summed E-state index contributed by atoms with van der Waals surface area (Å²) in [5, 5.41) is 1.39. The van der Waals surface area contributed by atoms with Crippen LogP contribution in [-0.4, -0.2) is 0 Å². The average molecular weight is 626 g/mol. The monoisotopic (exact) mass is 625 g/mol. The molecule has 0 spiro atoms. The maximum atomic E-state index is 4.11. The first-order valence-corrected chi connectivity index (χ1v) is 17.6. The molecule has 0 saturated carbocycles. The molecule has 8 rings (SSSR count). The lowest BCUT2D eigenvalue weighted by atomic mass is 9.66. The van der Waals surface area contributed by atoms with Crippen molar-refractivity contribution in [3.05, 3.63) is 184 Å². The van der Waals surface area contributed by atoms with Crippen LogP contribution in [0.2, 0.25) is 0 Å². The number of thiophene rings is 1. The van der Waals surface area contributed by atoms with E-state index in [1.54, 1.807) is 0 Å². The highest BCUT2D eigenvalue weighted by Gasteiger charge is 2.46. The summed E-state index contributed by atoms with van der Waals surface area (Å²) in [5.41, 5.74) is 14.0. The molecule has 5 aromatic carbocycles. The minimum atomic E-state index is -0.401. The summed E-state index contributed by atoms with van der Waals surface area (Å²) in [6, 6.07) is 45.4. The molecule has 0 saturated heterocycles. The summed E-state index contributed by atoms with van der Waals surface area (Å²) in [6.07, 6.45) is 10.8. The van der Waals surface area contributed by atoms with Crippen LogP contribution in [0.4, 0.5) is 17.1 Å². The number of benzene rings is 5. The third-order valence-corrected chi connectivity index (χ3v) is 11.3. The standard InChI is InChI=1S/C45H39NS/c1-4-5-22-41-32(3)38-26-24-37(30-42(38)45(41,33-16-8-6-9-17-33)34-18-10-7-11-19-34)46(35-20-14-15-31(2)28-35)36-25-27-44-40(29-36)39-21-12-13-23-43(39)47-44/h4,6-11,13-20,23-30H,1,5,12,21-22H2,2-3H3. The second-order valence-electron chi connectivity index (χ2n) is 12.9. The van der Waals surface area contributed by atoms with Crippen molar-refractivity contribution in [2.75, 3.05) is 4.90 Å². The van der Waals surface area contributed by atoms with Gasteiger partial charge in [-0.25, -0.2) is 0 Å². The zero-order valence-corrected chi connectivity index (χ0v) is 28.0. The van der Waals surface area contributed by atoms with Crippen molar-refractivity contribution in [1.82, 2.24) is 0 Å². The molecule has 0 unspecified atom stereocenters. The number of aryl methyl sites for hydroxylation is 2. The highest BCUT2D eigenvalue weighted by atomic mass is 32.1. The molecule has 1 nitrogen and oxygen atoms in total. The van der Waals surface area contributed by atoms with Gasteiger partial charge in [0.15, 0.2) is 0 Å². The molecule has 0 N–H and O–H groups in total. The molecule has 0 fully saturated rings. The summed E-state index contributed by atoms with van der Waals surface area (Å²) in [7, 11) is 0. The van der Waals surface area contributed by atoms with Gasteiger partial charge < -0.3 is 4.90 Å². The number of hydrogen-bond donors (Lipinski definition) is 0. The topological polar surface area (TPSA) is 3.24 Å². The maximum Gasteiger partial charge on any atom is 0.0674 e. The van der Waals surface area contributed by atoms with Crippen molar-refractivity contribution in [2.45, 2.75) is 44.9 Å². The van der Waals surface area contributed by atoms with E-state index in [1.165, 1.54) is 76.6 Å². The molecule has 0 bridgehead atoms. The van der Waals surface area contributed by atoms with Crippen molar-refractivity contribution >= 4 is 50.1 Å². The number of hydrogen-bond acceptors (Lipinski definition) is 2. The molecule has 0 amide bonds. The number of rotatable bonds is 8. The third kappa shape index (κ3) is 4.82. The largest absolute Gasteiger partial charge is 0.310 e. The Bertz CT molecular complexity index is 2140. The quantitative estimate of drug-likeness (QED) is 0.152. The van der Waals surface area contributed by atoms with Crippen molar-refractivity contribution in [2.24, 2.45) is 0 Å². The predicted octanol–water partition coefficient (Wildman–Crippen LogP) is 12.7. The predicted molar refractivity (Wildman–Crippen MR) is 203 cm³/mol. The van der Waals surface area contributed by atoms with Crippen molar-refractivity contribution < 1.29 is 0 Å². The van der Waals surface area contributed by atoms with Crippen molar-refractivity contribution in [3.8, 4) is 0 Å². The number of nitrogens with zero attached hydrogens (tertiary/aromatic N) is 1. The molecule has 1 aromatic heterocycles. The van der Waals surface area contributed by atoms with Gasteiger partial charge in [-0.3, -0.25) is 0 Å². The van der Waals surface area contributed by atoms with Crippen LogP contribution in [0.5, 0.6) is 0 Å². The maximum absolute atomic E-state index is 4.11. The molecule has 47 heavy (non-hydrogen) atoms. The van der Waals surface area contributed by atoms with E-state index in [-0.39, 0.29) is 0 Å². The van der Waals surface area contributed by atoms with Crippen molar-refractivity contribution in [1.29, 1.82) is 0 Å². The molecule has 2 aliphatic rings. The molecular formula is C45H39NS. The number of anilines is 3. The average Bonchev–Trinajstić information content (AvgIpc) is 3.60. The Hall–Kier alpha value is -4.92. The van der Waals surface area contributed by atoms with Gasteiger partial charge in [0.1, 0.15) is 0 Å². The summed E-state index contributed by atoms with van der Waals surface area (Å²) >= 11 is 1.91. The van der Waals surface area contributed by atoms with Gasteiger partial charge in [-0.05, 0) is 138 Å². The lowest BCUT2D eigenvalue weighted by molar-refractivity contribution is 0.698. The van der Waals surface area contributed by atoms with Gasteiger partial charge >= 0.3 is 0 Å². The van der Waals surface area contributed by atoms with Gasteiger partial charge in [-0.15, -0.1) is 17.9 Å². The van der Waals surface area contributed by atoms with Gasteiger partial charge in [0, 0.05) is 26.6 Å². The summed E-state index contributed by atoms with van der Waals surface area (Å²) < 4.78 is 1.36. The summed E-state index contributed by atoms with van der Waals surface area (Å²) in [4.78, 5) is 3.87. The van der Waals surface area contributed by atoms with Crippen LogP contribution in [-0.2, 0) is 11.8 Å². The van der Waals surface area contributed by atoms with Gasteiger partial charge in [-0.1, -0.05) is 91.0 Å². The van der Waals surface area contributed by atoms with Crippen LogP contribution in [0.3, 0.4) is 0 Å². The minimum Gasteiger partial charge on any atom is -0.310 e. The molecule has 230 valence electrons. The smallest absolute Gasteiger partial charge is 0.0674 e. The van der Waals surface area contributed by atoms with Gasteiger partial charge in [0.2, 0.25) is 0 Å². The van der Waals surface area contributed by atoms with Gasteiger partial charge in [-0.2, -0.15) is 0 Å². The minimum absolute atomic E-state index is 0.401. The second-order valence-corrected chi connectivity index (χ2v) is 14.0. The fourth-order valence-corrected chi connectivity index (χ4v) is 9.22. The van der Waals surface area contributed by atoms with E-state index < -0.39 is 5.41 Å². The number of allylic oxidation sites excluding steroid dienone is 4. The van der Waals surface area contributed by atoms with E-state index in [2.05, 4.69) is 165 Å². The van der Waals surface area contributed by atoms with E-state index in [0.717, 1.165) is 25.7 Å². The summed E-state index contributed by atoms with van der Waals surface area (Å²) in [6.45, 7) is 8.62. The van der Waals surface area contributed by atoms with Gasteiger partial charge in [0.25, 0.3) is 0 Å². The normalized spacial score (nSPS) is 14.7. The van der Waals surface area contributed by atoms with E-state index in [1.807, 2.05) is 11.3 Å². The Morgan fingerprint density at radius 3 is 2.19 bits per heavy atom. The Morgan fingerprint density at radius 2 is 1.47 bits per heavy atom. The Balaban J connectivity index is 1.39. The van der Waals surface area contributed by atoms with E-state index in [9.17, 15) is 0 Å². The SMILES string of the molecule is C=CCCC1=C(C)c2ccc(N(c3cccc(C)c3)c3ccc4sc5c(c4c3)CCC=C5)cc2C1(c1ccccc1)c1ccccc1. The van der Waals surface area contributed by atoms with E-state index in [0.29, 0.717) is 0 Å². The molecular weight excluding hydrogens is 587 g/mol. The summed E-state index contributed by atoms with van der Waals surface area (Å²) in [5.74, 6) is 0. The van der Waals surface area contributed by atoms with Crippen LogP contribution in [0.25, 0.3) is 21.7 Å². The molecule has 1 heterocycles. The fraction of sp³-hybridized carbons (Fsp3) is 0.156. The Kier molecular flexibility index (Phi) is 7.54. The first kappa shape index (κ1) is 29.5. The number of fused-ring (bicyclic) bond motifs is 4. The third-order valence-electron chi connectivity index (χ3n) is 10.1. The van der Waals surface area contributed by atoms with Crippen LogP contribution in [0.1, 0.15) is 64.4 Å². The zero-order valence-electron chi connectivity index (χ0n) is 27.2. The Morgan fingerprint density at radius 1 is 0.766 bits per heavy atom. The molecule has 0 aliphatic heterocycles.